The molecule has 1 saturated heterocycles. The van der Waals surface area contributed by atoms with Crippen molar-refractivity contribution in [2.45, 2.75) is 20.8 Å². The summed E-state index contributed by atoms with van der Waals surface area (Å²) in [6, 6.07) is 9.60. The number of nitrogens with zero attached hydrogens (tertiary/aromatic N) is 3. The van der Waals surface area contributed by atoms with Gasteiger partial charge in [-0.2, -0.15) is 10.5 Å². The average molecular weight is 239 g/mol. The van der Waals surface area contributed by atoms with Crippen LogP contribution in [0.15, 0.2) is 18.2 Å². The predicted octanol–water partition coefficient (Wildman–Crippen LogP) is 2.91. The van der Waals surface area contributed by atoms with E-state index < -0.39 is 0 Å². The molecule has 3 nitrogen and oxygen atoms in total. The van der Waals surface area contributed by atoms with Crippen molar-refractivity contribution in [3.05, 3.63) is 29.3 Å². The number of hydrogen-bond acceptors (Lipinski definition) is 3. The summed E-state index contributed by atoms with van der Waals surface area (Å²) < 4.78 is 0. The average Bonchev–Trinajstić information content (AvgIpc) is 2.24. The van der Waals surface area contributed by atoms with Gasteiger partial charge in [0.1, 0.15) is 12.1 Å². The number of rotatable bonds is 1. The fourth-order valence-electron chi connectivity index (χ4n) is 2.16. The second kappa shape index (κ2) is 4.35. The molecular weight excluding hydrogens is 222 g/mol. The Morgan fingerprint density at radius 3 is 2.22 bits per heavy atom. The van der Waals surface area contributed by atoms with Crippen LogP contribution in [0, 0.1) is 34.0 Å². The Morgan fingerprint density at radius 1 is 1.11 bits per heavy atom. The maximum Gasteiger partial charge on any atom is 0.101 e. The minimum absolute atomic E-state index is 0.334. The van der Waals surface area contributed by atoms with Gasteiger partial charge >= 0.3 is 0 Å². The molecule has 0 unspecified atom stereocenters. The zero-order chi connectivity index (χ0) is 13.3. The molecule has 1 aromatic carbocycles. The van der Waals surface area contributed by atoms with E-state index in [1.807, 2.05) is 18.2 Å². The molecule has 2 rings (SSSR count). The minimum atomic E-state index is 0.334. The van der Waals surface area contributed by atoms with Crippen LogP contribution >= 0.6 is 0 Å². The van der Waals surface area contributed by atoms with Crippen LogP contribution in [-0.4, -0.2) is 13.1 Å². The second-order valence-corrected chi connectivity index (χ2v) is 5.92. The van der Waals surface area contributed by atoms with Crippen molar-refractivity contribution in [2.24, 2.45) is 11.3 Å². The fraction of sp³-hybridized carbons (Fsp3) is 0.467. The second-order valence-electron chi connectivity index (χ2n) is 5.92. The van der Waals surface area contributed by atoms with Crippen LogP contribution in [0.3, 0.4) is 0 Å². The number of hydrogen-bond donors (Lipinski definition) is 0. The molecule has 1 fully saturated rings. The van der Waals surface area contributed by atoms with Gasteiger partial charge in [-0.25, -0.2) is 0 Å². The van der Waals surface area contributed by atoms with Crippen LogP contribution < -0.4 is 4.90 Å². The first-order chi connectivity index (χ1) is 8.45. The van der Waals surface area contributed by atoms with E-state index in [0.29, 0.717) is 22.5 Å². The van der Waals surface area contributed by atoms with Crippen molar-refractivity contribution >= 4 is 5.69 Å². The monoisotopic (exact) mass is 239 g/mol. The van der Waals surface area contributed by atoms with Crippen molar-refractivity contribution < 1.29 is 0 Å². The SMILES string of the molecule is CC(C)(C)C1CN(c2ccc(C#N)c(C#N)c2)C1. The zero-order valence-corrected chi connectivity index (χ0v) is 11.1. The Morgan fingerprint density at radius 2 is 1.72 bits per heavy atom. The molecule has 1 aromatic rings. The van der Waals surface area contributed by atoms with E-state index in [2.05, 4.69) is 31.7 Å². The lowest BCUT2D eigenvalue weighted by molar-refractivity contribution is 0.195. The Hall–Kier alpha value is -2.00. The third kappa shape index (κ3) is 2.17. The summed E-state index contributed by atoms with van der Waals surface area (Å²) in [7, 11) is 0. The lowest BCUT2D eigenvalue weighted by Gasteiger charge is -2.47. The third-order valence-electron chi connectivity index (χ3n) is 3.72. The van der Waals surface area contributed by atoms with Crippen molar-refractivity contribution in [1.29, 1.82) is 10.5 Å². The first-order valence-electron chi connectivity index (χ1n) is 6.15. The molecule has 0 spiro atoms. The molecule has 0 bridgehead atoms. The van der Waals surface area contributed by atoms with Gasteiger partial charge in [-0.05, 0) is 29.5 Å². The highest BCUT2D eigenvalue weighted by molar-refractivity contribution is 5.58. The summed E-state index contributed by atoms with van der Waals surface area (Å²) in [5.41, 5.74) is 2.30. The predicted molar refractivity (Wildman–Crippen MR) is 71.0 cm³/mol. The molecule has 0 N–H and O–H groups in total. The Bertz CT molecular complexity index is 534. The van der Waals surface area contributed by atoms with Gasteiger partial charge in [-0.3, -0.25) is 0 Å². The van der Waals surface area contributed by atoms with Gasteiger partial charge in [0.15, 0.2) is 0 Å². The van der Waals surface area contributed by atoms with Gasteiger partial charge in [0.05, 0.1) is 11.1 Å². The van der Waals surface area contributed by atoms with Crippen LogP contribution in [0.2, 0.25) is 0 Å². The largest absolute Gasteiger partial charge is 0.371 e. The standard InChI is InChI=1S/C15H17N3/c1-15(2,3)13-9-18(10-13)14-5-4-11(7-16)12(6-14)8-17/h4-6,13H,9-10H2,1-3H3. The maximum absolute atomic E-state index is 9.01. The van der Waals surface area contributed by atoms with Gasteiger partial charge in [-0.1, -0.05) is 20.8 Å². The maximum atomic E-state index is 9.01. The van der Waals surface area contributed by atoms with E-state index in [-0.39, 0.29) is 0 Å². The van der Waals surface area contributed by atoms with Gasteiger partial charge in [0.25, 0.3) is 0 Å². The van der Waals surface area contributed by atoms with Gasteiger partial charge < -0.3 is 4.90 Å². The highest BCUT2D eigenvalue weighted by atomic mass is 15.2. The molecule has 0 radical (unpaired) electrons. The van der Waals surface area contributed by atoms with Crippen LogP contribution in [0.5, 0.6) is 0 Å². The number of nitriles is 2. The summed E-state index contributed by atoms with van der Waals surface area (Å²) >= 11 is 0. The lowest BCUT2D eigenvalue weighted by Crippen LogP contribution is -2.52. The summed E-state index contributed by atoms with van der Waals surface area (Å²) in [4.78, 5) is 2.26. The fourth-order valence-corrected chi connectivity index (χ4v) is 2.16. The summed E-state index contributed by atoms with van der Waals surface area (Å²) in [5.74, 6) is 0.693. The van der Waals surface area contributed by atoms with E-state index in [9.17, 15) is 0 Å². The number of benzene rings is 1. The molecule has 92 valence electrons. The summed E-state index contributed by atoms with van der Waals surface area (Å²) in [5, 5.41) is 17.9. The van der Waals surface area contributed by atoms with E-state index >= 15 is 0 Å². The van der Waals surface area contributed by atoms with Crippen LogP contribution in [0.4, 0.5) is 5.69 Å². The molecule has 1 aliphatic heterocycles. The lowest BCUT2D eigenvalue weighted by atomic mass is 9.76. The molecule has 0 aliphatic carbocycles. The Labute approximate surface area is 108 Å². The molecule has 1 aliphatic rings. The molecule has 1 heterocycles. The van der Waals surface area contributed by atoms with Crippen molar-refractivity contribution in [3.63, 3.8) is 0 Å². The summed E-state index contributed by atoms with van der Waals surface area (Å²) in [6.45, 7) is 8.83. The third-order valence-corrected chi connectivity index (χ3v) is 3.72. The molecule has 0 amide bonds. The number of anilines is 1. The van der Waals surface area contributed by atoms with E-state index in [0.717, 1.165) is 18.8 Å². The minimum Gasteiger partial charge on any atom is -0.371 e. The Balaban J connectivity index is 2.14. The van der Waals surface area contributed by atoms with Gasteiger partial charge in [-0.15, -0.1) is 0 Å². The summed E-state index contributed by atoms with van der Waals surface area (Å²) in [6.07, 6.45) is 0. The molecule has 0 aromatic heterocycles. The highest BCUT2D eigenvalue weighted by Gasteiger charge is 2.35. The van der Waals surface area contributed by atoms with E-state index in [4.69, 9.17) is 10.5 Å². The normalized spacial score (nSPS) is 15.7. The first kappa shape index (κ1) is 12.5. The first-order valence-corrected chi connectivity index (χ1v) is 6.15. The van der Waals surface area contributed by atoms with Crippen LogP contribution in [-0.2, 0) is 0 Å². The van der Waals surface area contributed by atoms with Crippen LogP contribution in [0.1, 0.15) is 31.9 Å². The quantitative estimate of drug-likeness (QED) is 0.757. The van der Waals surface area contributed by atoms with Crippen molar-refractivity contribution in [1.82, 2.24) is 0 Å². The topological polar surface area (TPSA) is 50.8 Å². The Kier molecular flexibility index (Phi) is 3.01. The molecule has 0 saturated carbocycles. The van der Waals surface area contributed by atoms with Gasteiger partial charge in [0.2, 0.25) is 0 Å². The molecule has 3 heteroatoms. The van der Waals surface area contributed by atoms with Crippen LogP contribution in [0.25, 0.3) is 0 Å². The zero-order valence-electron chi connectivity index (χ0n) is 11.1. The van der Waals surface area contributed by atoms with Crippen molar-refractivity contribution in [2.75, 3.05) is 18.0 Å². The molecule has 18 heavy (non-hydrogen) atoms. The molecular formula is C15H17N3. The van der Waals surface area contributed by atoms with E-state index in [1.165, 1.54) is 0 Å². The highest BCUT2D eigenvalue weighted by Crippen LogP contribution is 2.36. The van der Waals surface area contributed by atoms with Crippen molar-refractivity contribution in [3.8, 4) is 12.1 Å². The van der Waals surface area contributed by atoms with E-state index in [1.54, 1.807) is 6.07 Å². The molecule has 0 atom stereocenters. The van der Waals surface area contributed by atoms with Gasteiger partial charge in [0, 0.05) is 18.8 Å². The smallest absolute Gasteiger partial charge is 0.101 e.